The van der Waals surface area contributed by atoms with Crippen molar-refractivity contribution in [1.82, 2.24) is 24.5 Å². The van der Waals surface area contributed by atoms with Crippen molar-refractivity contribution < 1.29 is 9.72 Å². The van der Waals surface area contributed by atoms with Crippen molar-refractivity contribution in [1.29, 1.82) is 0 Å². The molecule has 3 rings (SSSR count). The van der Waals surface area contributed by atoms with Gasteiger partial charge in [0.25, 0.3) is 5.91 Å². The number of nitro groups is 1. The summed E-state index contributed by atoms with van der Waals surface area (Å²) in [7, 11) is 0. The molecule has 0 radical (unpaired) electrons. The highest BCUT2D eigenvalue weighted by molar-refractivity contribution is 6.42. The minimum atomic E-state index is -0.777. The molecule has 1 aromatic carbocycles. The molecule has 0 aliphatic heterocycles. The molecule has 2 aromatic heterocycles. The summed E-state index contributed by atoms with van der Waals surface area (Å²) in [4.78, 5) is 26.4. The van der Waals surface area contributed by atoms with E-state index >= 15 is 0 Å². The molecule has 12 heteroatoms. The number of amides is 1. The Kier molecular flexibility index (Phi) is 5.38. The van der Waals surface area contributed by atoms with E-state index in [1.54, 1.807) is 25.1 Å². The smallest absolute Gasteiger partial charge is 0.291 e. The van der Waals surface area contributed by atoms with Gasteiger partial charge in [-0.05, 0) is 24.6 Å². The third-order valence-corrected chi connectivity index (χ3v) is 4.41. The molecule has 10 nitrogen and oxygen atoms in total. The number of hydrogen-bond donors (Lipinski definition) is 1. The van der Waals surface area contributed by atoms with Gasteiger partial charge >= 0.3 is 5.69 Å². The maximum Gasteiger partial charge on any atom is 0.307 e. The van der Waals surface area contributed by atoms with Crippen LogP contribution in [0.5, 0.6) is 0 Å². The van der Waals surface area contributed by atoms with Crippen molar-refractivity contribution in [3.8, 4) is 0 Å². The highest BCUT2D eigenvalue weighted by atomic mass is 35.5. The van der Waals surface area contributed by atoms with E-state index in [2.05, 4.69) is 20.5 Å². The van der Waals surface area contributed by atoms with E-state index in [1.807, 2.05) is 0 Å². The van der Waals surface area contributed by atoms with Gasteiger partial charge in [0, 0.05) is 0 Å². The van der Waals surface area contributed by atoms with Gasteiger partial charge in [-0.3, -0.25) is 24.9 Å². The molecule has 0 aliphatic carbocycles. The average molecular weight is 410 g/mol. The number of halogens is 2. The zero-order chi connectivity index (χ0) is 19.6. The van der Waals surface area contributed by atoms with Gasteiger partial charge in [0.2, 0.25) is 5.95 Å². The first-order valence-electron chi connectivity index (χ1n) is 7.66. The van der Waals surface area contributed by atoms with Gasteiger partial charge in [0.05, 0.1) is 21.5 Å². The Balaban J connectivity index is 1.64. The minimum Gasteiger partial charge on any atom is -0.291 e. The molecule has 3 aromatic rings. The zero-order valence-electron chi connectivity index (χ0n) is 13.9. The van der Waals surface area contributed by atoms with Crippen LogP contribution in [0, 0.1) is 10.1 Å². The van der Waals surface area contributed by atoms with Crippen LogP contribution < -0.4 is 5.32 Å². The van der Waals surface area contributed by atoms with Crippen LogP contribution in [-0.4, -0.2) is 35.4 Å². The maximum absolute atomic E-state index is 12.3. The number of aromatic nitrogens is 5. The van der Waals surface area contributed by atoms with Gasteiger partial charge in [-0.15, -0.1) is 5.10 Å². The Labute approximate surface area is 162 Å². The first-order chi connectivity index (χ1) is 12.8. The van der Waals surface area contributed by atoms with Crippen molar-refractivity contribution in [3.05, 3.63) is 62.6 Å². The second kappa shape index (κ2) is 7.72. The van der Waals surface area contributed by atoms with Crippen LogP contribution in [0.1, 0.15) is 18.5 Å². The summed E-state index contributed by atoms with van der Waals surface area (Å²) in [5.41, 5.74) is 0.670. The number of benzene rings is 1. The largest absolute Gasteiger partial charge is 0.307 e. The molecule has 1 unspecified atom stereocenters. The van der Waals surface area contributed by atoms with Crippen molar-refractivity contribution in [2.24, 2.45) is 0 Å². The van der Waals surface area contributed by atoms with Gasteiger partial charge in [0.15, 0.2) is 0 Å². The van der Waals surface area contributed by atoms with Gasteiger partial charge in [-0.1, -0.05) is 29.3 Å². The van der Waals surface area contributed by atoms with Crippen LogP contribution in [0.4, 0.5) is 11.6 Å². The summed E-state index contributed by atoms with van der Waals surface area (Å²) in [6.07, 6.45) is 3.72. The fraction of sp³-hybridized carbons (Fsp3) is 0.200. The van der Waals surface area contributed by atoms with E-state index < -0.39 is 16.9 Å². The fourth-order valence-corrected chi connectivity index (χ4v) is 2.54. The summed E-state index contributed by atoms with van der Waals surface area (Å²) in [5, 5.41) is 22.1. The van der Waals surface area contributed by atoms with E-state index in [0.29, 0.717) is 16.6 Å². The van der Waals surface area contributed by atoms with Crippen LogP contribution in [0.3, 0.4) is 0 Å². The zero-order valence-corrected chi connectivity index (χ0v) is 15.4. The topological polar surface area (TPSA) is 121 Å². The standard InChI is InChI=1S/C15H13Cl2N7O3/c1-9(23-7-11(5-19-23)24(26)27)14(25)20-15-18-8-22(21-15)6-10-2-3-12(16)13(17)4-10/h2-5,7-9H,6H2,1H3,(H,20,21,25). The highest BCUT2D eigenvalue weighted by Gasteiger charge is 2.20. The van der Waals surface area contributed by atoms with E-state index in [1.165, 1.54) is 21.9 Å². The van der Waals surface area contributed by atoms with Crippen LogP contribution >= 0.6 is 23.2 Å². The normalized spacial score (nSPS) is 12.0. The summed E-state index contributed by atoms with van der Waals surface area (Å²) >= 11 is 11.9. The Morgan fingerprint density at radius 1 is 1.37 bits per heavy atom. The Bertz CT molecular complexity index is 1000. The van der Waals surface area contributed by atoms with Crippen LogP contribution in [0.2, 0.25) is 10.0 Å². The second-order valence-corrected chi connectivity index (χ2v) is 6.43. The van der Waals surface area contributed by atoms with Gasteiger partial charge in [0.1, 0.15) is 24.8 Å². The van der Waals surface area contributed by atoms with Crippen molar-refractivity contribution >= 4 is 40.7 Å². The average Bonchev–Trinajstić information content (AvgIpc) is 3.27. The number of rotatable bonds is 6. The molecular formula is C15H13Cl2N7O3. The molecule has 0 fully saturated rings. The summed E-state index contributed by atoms with van der Waals surface area (Å²) in [6.45, 7) is 1.94. The minimum absolute atomic E-state index is 0.105. The third kappa shape index (κ3) is 4.41. The summed E-state index contributed by atoms with van der Waals surface area (Å²) < 4.78 is 2.72. The van der Waals surface area contributed by atoms with Gasteiger partial charge < -0.3 is 0 Å². The van der Waals surface area contributed by atoms with Gasteiger partial charge in [-0.2, -0.15) is 5.10 Å². The molecule has 1 N–H and O–H groups in total. The molecule has 140 valence electrons. The lowest BCUT2D eigenvalue weighted by Crippen LogP contribution is -2.24. The molecule has 2 heterocycles. The first kappa shape index (κ1) is 18.8. The van der Waals surface area contributed by atoms with Crippen LogP contribution in [0.15, 0.2) is 36.9 Å². The van der Waals surface area contributed by atoms with Crippen molar-refractivity contribution in [3.63, 3.8) is 0 Å². The lowest BCUT2D eigenvalue weighted by Gasteiger charge is -2.10. The van der Waals surface area contributed by atoms with Crippen molar-refractivity contribution in [2.45, 2.75) is 19.5 Å². The fourth-order valence-electron chi connectivity index (χ4n) is 2.22. The van der Waals surface area contributed by atoms with Crippen molar-refractivity contribution in [2.75, 3.05) is 5.32 Å². The lowest BCUT2D eigenvalue weighted by atomic mass is 10.2. The molecule has 27 heavy (non-hydrogen) atoms. The Hall–Kier alpha value is -2.98. The van der Waals surface area contributed by atoms with E-state index in [4.69, 9.17) is 23.2 Å². The van der Waals surface area contributed by atoms with Crippen LogP contribution in [-0.2, 0) is 11.3 Å². The number of hydrogen-bond acceptors (Lipinski definition) is 6. The number of anilines is 1. The maximum atomic E-state index is 12.3. The predicted molar refractivity (Wildman–Crippen MR) is 97.8 cm³/mol. The predicted octanol–water partition coefficient (Wildman–Crippen LogP) is 2.94. The van der Waals surface area contributed by atoms with E-state index in [9.17, 15) is 14.9 Å². The lowest BCUT2D eigenvalue weighted by molar-refractivity contribution is -0.385. The molecular weight excluding hydrogens is 397 g/mol. The Morgan fingerprint density at radius 3 is 2.81 bits per heavy atom. The Morgan fingerprint density at radius 2 is 2.15 bits per heavy atom. The molecule has 0 saturated heterocycles. The van der Waals surface area contributed by atoms with E-state index in [-0.39, 0.29) is 11.6 Å². The quantitative estimate of drug-likeness (QED) is 0.493. The molecule has 1 atom stereocenters. The second-order valence-electron chi connectivity index (χ2n) is 5.62. The van der Waals surface area contributed by atoms with E-state index in [0.717, 1.165) is 11.8 Å². The molecule has 0 bridgehead atoms. The molecule has 0 aliphatic rings. The number of carbonyl (C=O) groups is 1. The SMILES string of the molecule is CC(C(=O)Nc1ncn(Cc2ccc(Cl)c(Cl)c2)n1)n1cc([N+](=O)[O-])cn1. The summed E-state index contributed by atoms with van der Waals surface area (Å²) in [5.74, 6) is -0.353. The number of nitrogens with one attached hydrogen (secondary N) is 1. The molecule has 1 amide bonds. The molecule has 0 spiro atoms. The number of carbonyl (C=O) groups excluding carboxylic acids is 1. The van der Waals surface area contributed by atoms with Crippen LogP contribution in [0.25, 0.3) is 0 Å². The first-order valence-corrected chi connectivity index (χ1v) is 8.42. The summed E-state index contributed by atoms with van der Waals surface area (Å²) in [6, 6.07) is 4.43. The molecule has 0 saturated carbocycles. The van der Waals surface area contributed by atoms with Gasteiger partial charge in [-0.25, -0.2) is 9.67 Å². The monoisotopic (exact) mass is 409 g/mol. The number of nitrogens with zero attached hydrogens (tertiary/aromatic N) is 6. The highest BCUT2D eigenvalue weighted by Crippen LogP contribution is 2.23. The third-order valence-electron chi connectivity index (χ3n) is 3.68.